The van der Waals surface area contributed by atoms with Crippen LogP contribution >= 0.6 is 0 Å². The molecule has 1 N–H and O–H groups in total. The van der Waals surface area contributed by atoms with Crippen LogP contribution in [0.2, 0.25) is 0 Å². The van der Waals surface area contributed by atoms with Crippen molar-refractivity contribution in [2.24, 2.45) is 5.92 Å². The molecule has 0 saturated carbocycles. The molecule has 174 valence electrons. The molecule has 1 aliphatic rings. The van der Waals surface area contributed by atoms with Crippen molar-refractivity contribution in [1.29, 1.82) is 0 Å². The van der Waals surface area contributed by atoms with Crippen LogP contribution < -0.4 is 10.1 Å². The standard InChI is InChI=1S/C25H34N2O4S/c1-19-9-11-21(12-10-19)32(29,30)27-16-13-20(14-17-27)24(28)26-15-18-31-23-8-6-5-7-22(23)25(2,3)4/h5-12,20H,13-18H2,1-4H3,(H,26,28). The first-order valence-electron chi connectivity index (χ1n) is 11.2. The summed E-state index contributed by atoms with van der Waals surface area (Å²) in [5, 5.41) is 2.94. The summed E-state index contributed by atoms with van der Waals surface area (Å²) in [6.45, 7) is 9.86. The number of hydrogen-bond donors (Lipinski definition) is 1. The third-order valence-corrected chi connectivity index (χ3v) is 7.75. The number of hydrogen-bond acceptors (Lipinski definition) is 4. The van der Waals surface area contributed by atoms with E-state index in [1.165, 1.54) is 4.31 Å². The zero-order valence-electron chi connectivity index (χ0n) is 19.4. The van der Waals surface area contributed by atoms with Gasteiger partial charge in [0.2, 0.25) is 15.9 Å². The van der Waals surface area contributed by atoms with Crippen molar-refractivity contribution < 1.29 is 17.9 Å². The molecule has 0 atom stereocenters. The molecule has 1 heterocycles. The normalized spacial score (nSPS) is 16.0. The molecule has 0 radical (unpaired) electrons. The van der Waals surface area contributed by atoms with Crippen LogP contribution in [0, 0.1) is 12.8 Å². The number of carbonyl (C=O) groups is 1. The Morgan fingerprint density at radius 3 is 2.31 bits per heavy atom. The molecule has 0 bridgehead atoms. The van der Waals surface area contributed by atoms with E-state index in [-0.39, 0.29) is 17.2 Å². The molecule has 1 saturated heterocycles. The van der Waals surface area contributed by atoms with Crippen LogP contribution in [0.3, 0.4) is 0 Å². The number of carbonyl (C=O) groups excluding carboxylic acids is 1. The van der Waals surface area contributed by atoms with Crippen molar-refractivity contribution >= 4 is 15.9 Å². The van der Waals surface area contributed by atoms with Gasteiger partial charge in [0.1, 0.15) is 12.4 Å². The van der Waals surface area contributed by atoms with E-state index in [9.17, 15) is 13.2 Å². The lowest BCUT2D eigenvalue weighted by molar-refractivity contribution is -0.126. The zero-order valence-corrected chi connectivity index (χ0v) is 20.2. The Morgan fingerprint density at radius 1 is 1.06 bits per heavy atom. The maximum Gasteiger partial charge on any atom is 0.243 e. The number of ether oxygens (including phenoxy) is 1. The number of nitrogens with zero attached hydrogens (tertiary/aromatic N) is 1. The average Bonchev–Trinajstić information content (AvgIpc) is 2.76. The number of nitrogens with one attached hydrogen (secondary N) is 1. The van der Waals surface area contributed by atoms with Gasteiger partial charge in [0.05, 0.1) is 11.4 Å². The van der Waals surface area contributed by atoms with Crippen LogP contribution in [0.5, 0.6) is 5.75 Å². The fraction of sp³-hybridized carbons (Fsp3) is 0.480. The molecule has 1 aliphatic heterocycles. The Hall–Kier alpha value is -2.38. The van der Waals surface area contributed by atoms with Gasteiger partial charge in [-0.05, 0) is 48.9 Å². The minimum Gasteiger partial charge on any atom is -0.491 e. The van der Waals surface area contributed by atoms with E-state index in [1.807, 2.05) is 25.1 Å². The molecular formula is C25H34N2O4S. The van der Waals surface area contributed by atoms with Crippen LogP contribution in [0.25, 0.3) is 0 Å². The lowest BCUT2D eigenvalue weighted by Gasteiger charge is -2.30. The molecule has 3 rings (SSSR count). The summed E-state index contributed by atoms with van der Waals surface area (Å²) in [6.07, 6.45) is 1.04. The van der Waals surface area contributed by atoms with Gasteiger partial charge in [0.25, 0.3) is 0 Å². The summed E-state index contributed by atoms with van der Waals surface area (Å²) >= 11 is 0. The minimum absolute atomic E-state index is 0.0211. The zero-order chi connectivity index (χ0) is 23.4. The van der Waals surface area contributed by atoms with E-state index >= 15 is 0 Å². The summed E-state index contributed by atoms with van der Waals surface area (Å²) in [5.41, 5.74) is 2.13. The maximum atomic E-state index is 12.8. The summed E-state index contributed by atoms with van der Waals surface area (Å²) in [7, 11) is -3.51. The van der Waals surface area contributed by atoms with Gasteiger partial charge < -0.3 is 10.1 Å². The lowest BCUT2D eigenvalue weighted by Crippen LogP contribution is -2.43. The quantitative estimate of drug-likeness (QED) is 0.639. The van der Waals surface area contributed by atoms with Crippen LogP contribution in [-0.4, -0.2) is 44.9 Å². The topological polar surface area (TPSA) is 75.7 Å². The number of benzene rings is 2. The lowest BCUT2D eigenvalue weighted by atomic mass is 9.86. The van der Waals surface area contributed by atoms with Crippen LogP contribution in [0.4, 0.5) is 0 Å². The van der Waals surface area contributed by atoms with Gasteiger partial charge in [-0.15, -0.1) is 0 Å². The monoisotopic (exact) mass is 458 g/mol. The van der Waals surface area contributed by atoms with Gasteiger partial charge in [-0.1, -0.05) is 56.7 Å². The molecule has 32 heavy (non-hydrogen) atoms. The Balaban J connectivity index is 1.46. The number of amides is 1. The van der Waals surface area contributed by atoms with Crippen molar-refractivity contribution in [3.8, 4) is 5.75 Å². The highest BCUT2D eigenvalue weighted by Crippen LogP contribution is 2.31. The molecule has 1 amide bonds. The van der Waals surface area contributed by atoms with Crippen LogP contribution in [0.15, 0.2) is 53.4 Å². The number of rotatable bonds is 7. The first kappa shape index (κ1) is 24.3. The van der Waals surface area contributed by atoms with Crippen molar-refractivity contribution in [1.82, 2.24) is 9.62 Å². The summed E-state index contributed by atoms with van der Waals surface area (Å²) in [5.74, 6) is 0.621. The second-order valence-corrected chi connectivity index (χ2v) is 11.3. The maximum absolute atomic E-state index is 12.8. The molecule has 2 aromatic rings. The third kappa shape index (κ3) is 5.90. The molecule has 1 fully saturated rings. The highest BCUT2D eigenvalue weighted by Gasteiger charge is 2.32. The molecule has 2 aromatic carbocycles. The SMILES string of the molecule is Cc1ccc(S(=O)(=O)N2CCC(C(=O)NCCOc3ccccc3C(C)(C)C)CC2)cc1. The number of para-hydroxylation sites is 1. The molecule has 7 heteroatoms. The Kier molecular flexibility index (Phi) is 7.62. The summed E-state index contributed by atoms with van der Waals surface area (Å²) in [6, 6.07) is 14.8. The summed E-state index contributed by atoms with van der Waals surface area (Å²) < 4.78 is 33.1. The highest BCUT2D eigenvalue weighted by atomic mass is 32.2. The van der Waals surface area contributed by atoms with Crippen molar-refractivity contribution in [3.63, 3.8) is 0 Å². The second-order valence-electron chi connectivity index (χ2n) is 9.38. The largest absolute Gasteiger partial charge is 0.491 e. The van der Waals surface area contributed by atoms with Crippen molar-refractivity contribution in [2.45, 2.75) is 50.8 Å². The molecule has 6 nitrogen and oxygen atoms in total. The van der Waals surface area contributed by atoms with E-state index in [0.29, 0.717) is 44.0 Å². The first-order valence-corrected chi connectivity index (χ1v) is 12.6. The van der Waals surface area contributed by atoms with Crippen LogP contribution in [-0.2, 0) is 20.2 Å². The average molecular weight is 459 g/mol. The van der Waals surface area contributed by atoms with Gasteiger partial charge >= 0.3 is 0 Å². The highest BCUT2D eigenvalue weighted by molar-refractivity contribution is 7.89. The molecule has 0 aromatic heterocycles. The molecule has 0 unspecified atom stereocenters. The van der Waals surface area contributed by atoms with Gasteiger partial charge in [0.15, 0.2) is 0 Å². The third-order valence-electron chi connectivity index (χ3n) is 5.84. The Morgan fingerprint density at radius 2 is 1.69 bits per heavy atom. The number of piperidine rings is 1. The molecule has 0 aliphatic carbocycles. The van der Waals surface area contributed by atoms with Crippen molar-refractivity contribution in [2.75, 3.05) is 26.2 Å². The predicted octanol–water partition coefficient (Wildman–Crippen LogP) is 3.89. The predicted molar refractivity (Wildman–Crippen MR) is 126 cm³/mol. The molecule has 0 spiro atoms. The molecular weight excluding hydrogens is 424 g/mol. The van der Waals surface area contributed by atoms with Gasteiger partial charge in [-0.3, -0.25) is 4.79 Å². The number of aryl methyl sites for hydroxylation is 1. The van der Waals surface area contributed by atoms with Gasteiger partial charge in [0, 0.05) is 19.0 Å². The van der Waals surface area contributed by atoms with E-state index in [2.05, 4.69) is 32.2 Å². The summed E-state index contributed by atoms with van der Waals surface area (Å²) in [4.78, 5) is 12.9. The van der Waals surface area contributed by atoms with E-state index in [1.54, 1.807) is 24.3 Å². The van der Waals surface area contributed by atoms with E-state index < -0.39 is 10.0 Å². The Labute approximate surface area is 192 Å². The fourth-order valence-corrected chi connectivity index (χ4v) is 5.38. The van der Waals surface area contributed by atoms with Gasteiger partial charge in [-0.2, -0.15) is 4.31 Å². The first-order chi connectivity index (χ1) is 15.1. The minimum atomic E-state index is -3.51. The van der Waals surface area contributed by atoms with E-state index in [4.69, 9.17) is 4.74 Å². The fourth-order valence-electron chi connectivity index (χ4n) is 3.91. The van der Waals surface area contributed by atoms with Crippen LogP contribution in [0.1, 0.15) is 44.7 Å². The second kappa shape index (κ2) is 10.0. The smallest absolute Gasteiger partial charge is 0.243 e. The number of sulfonamides is 1. The van der Waals surface area contributed by atoms with Crippen molar-refractivity contribution in [3.05, 3.63) is 59.7 Å². The Bertz CT molecular complexity index is 1020. The van der Waals surface area contributed by atoms with E-state index in [0.717, 1.165) is 16.9 Å². The van der Waals surface area contributed by atoms with Gasteiger partial charge in [-0.25, -0.2) is 8.42 Å².